The molecule has 0 aliphatic heterocycles. The Hall–Kier alpha value is -1.57. The Morgan fingerprint density at radius 2 is 1.94 bits per heavy atom. The molecule has 3 rings (SSSR count). The molecule has 174 valence electrons. The van der Waals surface area contributed by atoms with Crippen LogP contribution < -0.4 is 16.8 Å². The Labute approximate surface area is 192 Å². The summed E-state index contributed by atoms with van der Waals surface area (Å²) < 4.78 is 1.89. The lowest BCUT2D eigenvalue weighted by atomic mass is 9.57. The average molecular weight is 449 g/mol. The molecule has 1 amide bonds. The molecule has 0 radical (unpaired) electrons. The fraction of sp³-hybridized carbons (Fsp3) is 0.667. The largest absolute Gasteiger partial charge is 0.398 e. The number of nitrogen functional groups attached to an aromatic ring is 1. The van der Waals surface area contributed by atoms with Gasteiger partial charge in [-0.15, -0.1) is 0 Å². The molecule has 2 saturated carbocycles. The van der Waals surface area contributed by atoms with E-state index in [1.165, 1.54) is 24.8 Å². The number of para-hydroxylation sites is 1. The van der Waals surface area contributed by atoms with Crippen LogP contribution in [0.25, 0.3) is 0 Å². The van der Waals surface area contributed by atoms with Crippen LogP contribution in [0.1, 0.15) is 53.4 Å². The molecule has 2 fully saturated rings. The summed E-state index contributed by atoms with van der Waals surface area (Å²) in [5, 5.41) is 3.43. The van der Waals surface area contributed by atoms with Gasteiger partial charge in [0.2, 0.25) is 5.91 Å². The number of benzene rings is 1. The molecular formula is C24H40N4O2S. The van der Waals surface area contributed by atoms with Gasteiger partial charge >= 0.3 is 0 Å². The van der Waals surface area contributed by atoms with Crippen molar-refractivity contribution in [3.05, 3.63) is 24.3 Å². The number of likely N-dealkylation sites (N-methyl/N-ethyl adjacent to an activating group) is 1. The third-order valence-electron chi connectivity index (χ3n) is 7.10. The summed E-state index contributed by atoms with van der Waals surface area (Å²) in [6.07, 6.45) is 5.41. The highest BCUT2D eigenvalue weighted by Gasteiger charge is 2.47. The summed E-state index contributed by atoms with van der Waals surface area (Å²) in [6, 6.07) is 8.18. The molecule has 2 bridgehead atoms. The van der Waals surface area contributed by atoms with Gasteiger partial charge in [-0.05, 0) is 95.5 Å². The SMILES string of the molecule is CN(Sc1ccccc1N)C(C)(C)C=O.CNC1C(C)CC2CC1CC(C)(C(N)=O)C2. The van der Waals surface area contributed by atoms with E-state index in [4.69, 9.17) is 11.5 Å². The van der Waals surface area contributed by atoms with E-state index in [1.54, 1.807) is 0 Å². The maximum absolute atomic E-state index is 11.6. The predicted octanol–water partition coefficient (Wildman–Crippen LogP) is 3.71. The smallest absolute Gasteiger partial charge is 0.223 e. The highest BCUT2D eigenvalue weighted by atomic mass is 32.2. The fourth-order valence-corrected chi connectivity index (χ4v) is 5.99. The molecule has 5 unspecified atom stereocenters. The average Bonchev–Trinajstić information content (AvgIpc) is 2.69. The van der Waals surface area contributed by atoms with E-state index < -0.39 is 5.54 Å². The molecule has 5 N–H and O–H groups in total. The molecule has 7 heteroatoms. The van der Waals surface area contributed by atoms with Gasteiger partial charge in [-0.2, -0.15) is 0 Å². The lowest BCUT2D eigenvalue weighted by Crippen LogP contribution is -2.52. The molecule has 0 spiro atoms. The van der Waals surface area contributed by atoms with Crippen LogP contribution in [0.5, 0.6) is 0 Å². The molecule has 0 saturated heterocycles. The minimum atomic E-state index is -0.493. The van der Waals surface area contributed by atoms with Gasteiger partial charge in [-0.3, -0.25) is 4.79 Å². The van der Waals surface area contributed by atoms with Crippen molar-refractivity contribution in [1.29, 1.82) is 0 Å². The van der Waals surface area contributed by atoms with Crippen molar-refractivity contribution >= 4 is 29.8 Å². The number of rotatable bonds is 6. The zero-order valence-corrected chi connectivity index (χ0v) is 20.7. The number of hydrogen-bond acceptors (Lipinski definition) is 6. The Kier molecular flexibility index (Phi) is 8.59. The number of fused-ring (bicyclic) bond motifs is 2. The third kappa shape index (κ3) is 6.24. The van der Waals surface area contributed by atoms with E-state index in [9.17, 15) is 9.59 Å². The van der Waals surface area contributed by atoms with Crippen LogP contribution in [-0.2, 0) is 9.59 Å². The highest BCUT2D eigenvalue weighted by Crippen LogP contribution is 2.50. The van der Waals surface area contributed by atoms with Crippen LogP contribution in [0.15, 0.2) is 29.2 Å². The van der Waals surface area contributed by atoms with Gasteiger partial charge in [0.15, 0.2) is 0 Å². The lowest BCUT2D eigenvalue weighted by Gasteiger charge is -2.49. The second-order valence-electron chi connectivity index (χ2n) is 10.1. The zero-order chi connectivity index (χ0) is 23.4. The molecule has 31 heavy (non-hydrogen) atoms. The van der Waals surface area contributed by atoms with Crippen molar-refractivity contribution in [1.82, 2.24) is 9.62 Å². The first-order valence-corrected chi connectivity index (χ1v) is 11.9. The van der Waals surface area contributed by atoms with Gasteiger partial charge in [0, 0.05) is 22.0 Å². The highest BCUT2D eigenvalue weighted by molar-refractivity contribution is 7.97. The van der Waals surface area contributed by atoms with Crippen LogP contribution >= 0.6 is 11.9 Å². The molecule has 1 aromatic rings. The number of carbonyl (C=O) groups excluding carboxylic acids is 2. The minimum Gasteiger partial charge on any atom is -0.398 e. The van der Waals surface area contributed by atoms with Crippen LogP contribution in [0.4, 0.5) is 5.69 Å². The summed E-state index contributed by atoms with van der Waals surface area (Å²) in [5.41, 5.74) is 11.4. The van der Waals surface area contributed by atoms with E-state index >= 15 is 0 Å². The number of nitrogens with two attached hydrogens (primary N) is 2. The summed E-state index contributed by atoms with van der Waals surface area (Å²) >= 11 is 1.48. The maximum atomic E-state index is 11.6. The van der Waals surface area contributed by atoms with E-state index in [-0.39, 0.29) is 11.3 Å². The van der Waals surface area contributed by atoms with Crippen molar-refractivity contribution < 1.29 is 9.59 Å². The number of hydrogen-bond donors (Lipinski definition) is 3. The number of aldehydes is 1. The zero-order valence-electron chi connectivity index (χ0n) is 19.9. The molecule has 1 aromatic carbocycles. The van der Waals surface area contributed by atoms with E-state index in [2.05, 4.69) is 19.2 Å². The fourth-order valence-electron chi connectivity index (χ4n) is 5.11. The van der Waals surface area contributed by atoms with E-state index in [1.807, 2.05) is 56.5 Å². The number of carbonyl (C=O) groups is 2. The van der Waals surface area contributed by atoms with Crippen molar-refractivity contribution in [2.24, 2.45) is 28.9 Å². The minimum absolute atomic E-state index is 0.105. The first-order chi connectivity index (χ1) is 14.4. The molecule has 5 atom stereocenters. The Morgan fingerprint density at radius 3 is 2.48 bits per heavy atom. The second kappa shape index (κ2) is 10.4. The van der Waals surface area contributed by atoms with Gasteiger partial charge in [0.1, 0.15) is 6.29 Å². The topological polar surface area (TPSA) is 101 Å². The van der Waals surface area contributed by atoms with Crippen molar-refractivity contribution in [2.45, 2.75) is 69.9 Å². The lowest BCUT2D eigenvalue weighted by molar-refractivity contribution is -0.132. The Bertz CT molecular complexity index is 770. The van der Waals surface area contributed by atoms with Crippen LogP contribution in [0.3, 0.4) is 0 Å². The third-order valence-corrected chi connectivity index (χ3v) is 8.41. The number of anilines is 1. The standard InChI is InChI=1S/C13H24N2O.C11H16N2OS/c1-8-4-9-5-10(11(8)15-3)7-13(2,6-9)12(14)16;1-11(2,8-14)13(3)15-10-7-5-4-6-9(10)12/h8-11,15H,4-7H2,1-3H3,(H2,14,16);4-8H,12H2,1-3H3. The summed E-state index contributed by atoms with van der Waals surface area (Å²) in [6.45, 7) is 8.11. The molecule has 2 aliphatic carbocycles. The summed E-state index contributed by atoms with van der Waals surface area (Å²) in [7, 11) is 3.92. The van der Waals surface area contributed by atoms with Crippen molar-refractivity contribution in [3.8, 4) is 0 Å². The monoisotopic (exact) mass is 448 g/mol. The van der Waals surface area contributed by atoms with Crippen molar-refractivity contribution in [3.63, 3.8) is 0 Å². The Balaban J connectivity index is 0.000000221. The van der Waals surface area contributed by atoms with E-state index in [0.717, 1.165) is 35.6 Å². The van der Waals surface area contributed by atoms with Crippen LogP contribution in [0.2, 0.25) is 0 Å². The molecule has 6 nitrogen and oxygen atoms in total. The second-order valence-corrected chi connectivity index (χ2v) is 11.3. The van der Waals surface area contributed by atoms with Crippen molar-refractivity contribution in [2.75, 3.05) is 19.8 Å². The van der Waals surface area contributed by atoms with E-state index in [0.29, 0.717) is 17.9 Å². The van der Waals surface area contributed by atoms with Gasteiger partial charge in [0.25, 0.3) is 0 Å². The van der Waals surface area contributed by atoms with Gasteiger partial charge in [-0.25, -0.2) is 4.31 Å². The van der Waals surface area contributed by atoms with Gasteiger partial charge in [-0.1, -0.05) is 26.0 Å². The molecule has 0 aromatic heterocycles. The molecule has 2 aliphatic rings. The first kappa shape index (κ1) is 25.7. The van der Waals surface area contributed by atoms with Gasteiger partial charge < -0.3 is 21.6 Å². The molecular weight excluding hydrogens is 408 g/mol. The van der Waals surface area contributed by atoms with Gasteiger partial charge in [0.05, 0.1) is 5.54 Å². The quantitative estimate of drug-likeness (QED) is 0.348. The maximum Gasteiger partial charge on any atom is 0.223 e. The number of nitrogens with zero attached hydrogens (tertiary/aromatic N) is 1. The number of nitrogens with one attached hydrogen (secondary N) is 1. The van der Waals surface area contributed by atoms with Crippen LogP contribution in [-0.4, -0.2) is 42.2 Å². The number of primary amides is 1. The Morgan fingerprint density at radius 1 is 1.29 bits per heavy atom. The molecule has 0 heterocycles. The predicted molar refractivity (Wildman–Crippen MR) is 129 cm³/mol. The summed E-state index contributed by atoms with van der Waals surface area (Å²) in [4.78, 5) is 23.4. The first-order valence-electron chi connectivity index (χ1n) is 11.1. The van der Waals surface area contributed by atoms with Crippen LogP contribution in [0, 0.1) is 23.2 Å². The number of amides is 1. The normalized spacial score (nSPS) is 30.3. The summed E-state index contributed by atoms with van der Waals surface area (Å²) in [5.74, 6) is 1.96.